The Hall–Kier alpha value is -0.940. The molecule has 1 aliphatic heterocycles. The summed E-state index contributed by atoms with van der Waals surface area (Å²) in [5, 5.41) is 12.8. The summed E-state index contributed by atoms with van der Waals surface area (Å²) in [6, 6.07) is 0.752. The Morgan fingerprint density at radius 1 is 1.60 bits per heavy atom. The van der Waals surface area contributed by atoms with Crippen LogP contribution in [0, 0.1) is 0 Å². The molecule has 84 valence electrons. The van der Waals surface area contributed by atoms with E-state index in [1.807, 2.05) is 0 Å². The number of nitrogens with zero attached hydrogens (tertiary/aromatic N) is 3. The molecule has 0 saturated carbocycles. The SMILES string of the molecule is CC(C)N1CCCC1c1noc(CO)n1. The monoisotopic (exact) mass is 211 g/mol. The first kappa shape index (κ1) is 10.6. The lowest BCUT2D eigenvalue weighted by atomic mass is 10.2. The van der Waals surface area contributed by atoms with Crippen molar-refractivity contribution in [3.63, 3.8) is 0 Å². The zero-order chi connectivity index (χ0) is 10.8. The van der Waals surface area contributed by atoms with Crippen LogP contribution in [-0.4, -0.2) is 32.7 Å². The highest BCUT2D eigenvalue weighted by Gasteiger charge is 2.31. The third-order valence-corrected chi connectivity index (χ3v) is 2.87. The molecule has 5 heteroatoms. The van der Waals surface area contributed by atoms with Gasteiger partial charge >= 0.3 is 0 Å². The van der Waals surface area contributed by atoms with Gasteiger partial charge in [-0.15, -0.1) is 0 Å². The van der Waals surface area contributed by atoms with Crippen LogP contribution in [-0.2, 0) is 6.61 Å². The van der Waals surface area contributed by atoms with Crippen molar-refractivity contribution in [2.75, 3.05) is 6.54 Å². The predicted octanol–water partition coefficient (Wildman–Crippen LogP) is 1.11. The van der Waals surface area contributed by atoms with Crippen molar-refractivity contribution in [3.05, 3.63) is 11.7 Å². The molecule has 1 atom stereocenters. The molecular weight excluding hydrogens is 194 g/mol. The minimum atomic E-state index is -0.179. The van der Waals surface area contributed by atoms with Crippen LogP contribution >= 0.6 is 0 Å². The molecule has 1 fully saturated rings. The van der Waals surface area contributed by atoms with E-state index in [1.165, 1.54) is 6.42 Å². The van der Waals surface area contributed by atoms with Crippen molar-refractivity contribution in [2.24, 2.45) is 0 Å². The molecule has 1 aromatic rings. The summed E-state index contributed by atoms with van der Waals surface area (Å²) < 4.78 is 4.92. The molecule has 1 aliphatic rings. The van der Waals surface area contributed by atoms with E-state index in [4.69, 9.17) is 9.63 Å². The Kier molecular flexibility index (Phi) is 3.02. The van der Waals surface area contributed by atoms with Gasteiger partial charge in [-0.3, -0.25) is 4.90 Å². The number of hydrogen-bond acceptors (Lipinski definition) is 5. The highest BCUT2D eigenvalue weighted by Crippen LogP contribution is 2.31. The Morgan fingerprint density at radius 2 is 2.40 bits per heavy atom. The van der Waals surface area contributed by atoms with Crippen LogP contribution in [0.15, 0.2) is 4.52 Å². The molecule has 0 spiro atoms. The van der Waals surface area contributed by atoms with Crippen LogP contribution in [0.5, 0.6) is 0 Å². The summed E-state index contributed by atoms with van der Waals surface area (Å²) in [6.07, 6.45) is 2.24. The second-order valence-electron chi connectivity index (χ2n) is 4.19. The standard InChI is InChI=1S/C10H17N3O2/c1-7(2)13-5-3-4-8(13)10-11-9(6-14)15-12-10/h7-8,14H,3-6H2,1-2H3. The number of rotatable bonds is 3. The van der Waals surface area contributed by atoms with Crippen LogP contribution in [0.25, 0.3) is 0 Å². The Labute approximate surface area is 89.1 Å². The fraction of sp³-hybridized carbons (Fsp3) is 0.800. The largest absolute Gasteiger partial charge is 0.387 e. The van der Waals surface area contributed by atoms with Gasteiger partial charge in [0, 0.05) is 6.04 Å². The minimum Gasteiger partial charge on any atom is -0.387 e. The molecule has 0 amide bonds. The average Bonchev–Trinajstić information content (AvgIpc) is 2.85. The van der Waals surface area contributed by atoms with E-state index in [-0.39, 0.29) is 12.6 Å². The molecule has 5 nitrogen and oxygen atoms in total. The fourth-order valence-corrected chi connectivity index (χ4v) is 2.15. The molecular formula is C10H17N3O2. The van der Waals surface area contributed by atoms with E-state index in [2.05, 4.69) is 28.9 Å². The Bertz CT molecular complexity index is 324. The molecule has 1 saturated heterocycles. The Balaban J connectivity index is 2.15. The van der Waals surface area contributed by atoms with E-state index in [1.54, 1.807) is 0 Å². The van der Waals surface area contributed by atoms with E-state index in [0.29, 0.717) is 17.8 Å². The normalized spacial score (nSPS) is 22.8. The molecule has 1 unspecified atom stereocenters. The van der Waals surface area contributed by atoms with E-state index >= 15 is 0 Å². The van der Waals surface area contributed by atoms with E-state index < -0.39 is 0 Å². The predicted molar refractivity (Wildman–Crippen MR) is 54.0 cm³/mol. The summed E-state index contributed by atoms with van der Waals surface area (Å²) in [4.78, 5) is 6.54. The minimum absolute atomic E-state index is 0.179. The van der Waals surface area contributed by atoms with Crippen molar-refractivity contribution in [1.29, 1.82) is 0 Å². The van der Waals surface area contributed by atoms with Crippen LogP contribution in [0.2, 0.25) is 0 Å². The molecule has 1 N–H and O–H groups in total. The summed E-state index contributed by atoms with van der Waals surface area (Å²) in [5.74, 6) is 1.02. The first-order valence-electron chi connectivity index (χ1n) is 5.41. The quantitative estimate of drug-likeness (QED) is 0.811. The summed E-state index contributed by atoms with van der Waals surface area (Å²) in [7, 11) is 0. The third kappa shape index (κ3) is 2.03. The molecule has 0 aromatic carbocycles. The maximum absolute atomic E-state index is 8.86. The number of aliphatic hydroxyl groups excluding tert-OH is 1. The summed E-state index contributed by atoms with van der Waals surface area (Å²) in [5.41, 5.74) is 0. The van der Waals surface area contributed by atoms with Crippen molar-refractivity contribution < 1.29 is 9.63 Å². The van der Waals surface area contributed by atoms with Crippen molar-refractivity contribution in [2.45, 2.75) is 45.4 Å². The van der Waals surface area contributed by atoms with Gasteiger partial charge in [-0.25, -0.2) is 0 Å². The smallest absolute Gasteiger partial charge is 0.252 e. The van der Waals surface area contributed by atoms with Gasteiger partial charge in [0.2, 0.25) is 0 Å². The van der Waals surface area contributed by atoms with Gasteiger partial charge in [0.05, 0.1) is 6.04 Å². The lowest BCUT2D eigenvalue weighted by molar-refractivity contribution is 0.193. The van der Waals surface area contributed by atoms with Crippen molar-refractivity contribution in [1.82, 2.24) is 15.0 Å². The van der Waals surface area contributed by atoms with E-state index in [9.17, 15) is 0 Å². The average molecular weight is 211 g/mol. The van der Waals surface area contributed by atoms with Gasteiger partial charge in [-0.1, -0.05) is 5.16 Å². The summed E-state index contributed by atoms with van der Waals surface area (Å²) in [6.45, 7) is 5.25. The lowest BCUT2D eigenvalue weighted by Crippen LogP contribution is -2.30. The van der Waals surface area contributed by atoms with Crippen LogP contribution in [0.4, 0.5) is 0 Å². The van der Waals surface area contributed by atoms with Gasteiger partial charge in [0.15, 0.2) is 5.82 Å². The van der Waals surface area contributed by atoms with E-state index in [0.717, 1.165) is 13.0 Å². The highest BCUT2D eigenvalue weighted by molar-refractivity contribution is 4.98. The molecule has 2 heterocycles. The first-order valence-corrected chi connectivity index (χ1v) is 5.41. The molecule has 2 rings (SSSR count). The lowest BCUT2D eigenvalue weighted by Gasteiger charge is -2.25. The topological polar surface area (TPSA) is 62.4 Å². The number of aromatic nitrogens is 2. The third-order valence-electron chi connectivity index (χ3n) is 2.87. The van der Waals surface area contributed by atoms with Crippen LogP contribution in [0.3, 0.4) is 0 Å². The highest BCUT2D eigenvalue weighted by atomic mass is 16.5. The second kappa shape index (κ2) is 4.28. The zero-order valence-corrected chi connectivity index (χ0v) is 9.18. The van der Waals surface area contributed by atoms with Crippen molar-refractivity contribution >= 4 is 0 Å². The first-order chi connectivity index (χ1) is 7.22. The van der Waals surface area contributed by atoms with Crippen molar-refractivity contribution in [3.8, 4) is 0 Å². The Morgan fingerprint density at radius 3 is 3.00 bits per heavy atom. The van der Waals surface area contributed by atoms with Crippen LogP contribution < -0.4 is 0 Å². The fourth-order valence-electron chi connectivity index (χ4n) is 2.15. The maximum atomic E-state index is 8.86. The van der Waals surface area contributed by atoms with Gasteiger partial charge in [-0.05, 0) is 33.2 Å². The van der Waals surface area contributed by atoms with Gasteiger partial charge in [-0.2, -0.15) is 4.98 Å². The number of aliphatic hydroxyl groups is 1. The molecule has 1 aromatic heterocycles. The van der Waals surface area contributed by atoms with Gasteiger partial charge < -0.3 is 9.63 Å². The zero-order valence-electron chi connectivity index (χ0n) is 9.18. The number of hydrogen-bond donors (Lipinski definition) is 1. The molecule has 0 radical (unpaired) electrons. The molecule has 15 heavy (non-hydrogen) atoms. The second-order valence-corrected chi connectivity index (χ2v) is 4.19. The molecule has 0 bridgehead atoms. The van der Waals surface area contributed by atoms with Crippen LogP contribution in [0.1, 0.15) is 44.4 Å². The number of likely N-dealkylation sites (tertiary alicyclic amines) is 1. The summed E-state index contributed by atoms with van der Waals surface area (Å²) >= 11 is 0. The van der Waals surface area contributed by atoms with Gasteiger partial charge in [0.1, 0.15) is 6.61 Å². The van der Waals surface area contributed by atoms with Gasteiger partial charge in [0.25, 0.3) is 5.89 Å². The maximum Gasteiger partial charge on any atom is 0.252 e. The molecule has 0 aliphatic carbocycles.